The van der Waals surface area contributed by atoms with Crippen molar-refractivity contribution in [3.8, 4) is 0 Å². The molecule has 0 aliphatic rings. The molecular formula is C13H21N3O3. The summed E-state index contributed by atoms with van der Waals surface area (Å²) in [5, 5.41) is 15.7. The highest BCUT2D eigenvalue weighted by atomic mass is 16.4. The van der Waals surface area contributed by atoms with E-state index in [0.717, 1.165) is 5.69 Å². The van der Waals surface area contributed by atoms with Crippen LogP contribution in [-0.4, -0.2) is 32.8 Å². The minimum absolute atomic E-state index is 0.202. The highest BCUT2D eigenvalue weighted by Gasteiger charge is 2.25. The Hall–Kier alpha value is -1.85. The molecule has 1 aromatic rings. The molecule has 1 rings (SSSR count). The minimum atomic E-state index is -1.00. The first-order valence-corrected chi connectivity index (χ1v) is 6.34. The van der Waals surface area contributed by atoms with Gasteiger partial charge in [-0.1, -0.05) is 13.8 Å². The number of carboxylic acids is 1. The van der Waals surface area contributed by atoms with Crippen molar-refractivity contribution in [2.24, 2.45) is 13.0 Å². The third-order valence-electron chi connectivity index (χ3n) is 3.02. The van der Waals surface area contributed by atoms with E-state index in [-0.39, 0.29) is 11.8 Å². The Morgan fingerprint density at radius 1 is 1.42 bits per heavy atom. The van der Waals surface area contributed by atoms with Crippen LogP contribution in [0.25, 0.3) is 0 Å². The molecule has 106 valence electrons. The minimum Gasteiger partial charge on any atom is -0.480 e. The van der Waals surface area contributed by atoms with Crippen LogP contribution in [0.15, 0.2) is 12.3 Å². The molecule has 0 aliphatic carbocycles. The van der Waals surface area contributed by atoms with Crippen LogP contribution in [0.2, 0.25) is 0 Å². The van der Waals surface area contributed by atoms with E-state index in [1.807, 2.05) is 13.8 Å². The van der Waals surface area contributed by atoms with Gasteiger partial charge < -0.3 is 10.4 Å². The number of carbonyl (C=O) groups is 2. The van der Waals surface area contributed by atoms with E-state index in [4.69, 9.17) is 5.11 Å². The van der Waals surface area contributed by atoms with Crippen LogP contribution in [0.4, 0.5) is 0 Å². The van der Waals surface area contributed by atoms with Gasteiger partial charge in [-0.3, -0.25) is 9.48 Å². The Morgan fingerprint density at radius 2 is 2.05 bits per heavy atom. The van der Waals surface area contributed by atoms with Crippen LogP contribution in [0.3, 0.4) is 0 Å². The maximum atomic E-state index is 12.1. The van der Waals surface area contributed by atoms with Crippen LogP contribution in [-0.2, 0) is 16.6 Å². The second kappa shape index (κ2) is 6.36. The van der Waals surface area contributed by atoms with Crippen molar-refractivity contribution >= 4 is 11.9 Å². The lowest BCUT2D eigenvalue weighted by atomic mass is 10.0. The fourth-order valence-corrected chi connectivity index (χ4v) is 1.93. The van der Waals surface area contributed by atoms with Gasteiger partial charge in [-0.25, -0.2) is 4.79 Å². The van der Waals surface area contributed by atoms with E-state index in [0.29, 0.717) is 6.42 Å². The molecule has 0 aliphatic heterocycles. The summed E-state index contributed by atoms with van der Waals surface area (Å²) in [5.74, 6) is -1.52. The standard InChI is InChI=1S/C13H21N3O3/c1-8(2)7-10(13(18)19)15-12(17)9(3)11-5-6-14-16(11)4/h5-6,8-10H,7H2,1-4H3,(H,15,17)(H,18,19). The number of hydrogen-bond donors (Lipinski definition) is 2. The molecule has 1 heterocycles. The molecule has 2 atom stereocenters. The first-order chi connectivity index (χ1) is 8.82. The van der Waals surface area contributed by atoms with Crippen molar-refractivity contribution in [3.63, 3.8) is 0 Å². The zero-order chi connectivity index (χ0) is 14.6. The number of hydrogen-bond acceptors (Lipinski definition) is 3. The van der Waals surface area contributed by atoms with Crippen molar-refractivity contribution in [3.05, 3.63) is 18.0 Å². The fraction of sp³-hybridized carbons (Fsp3) is 0.615. The lowest BCUT2D eigenvalue weighted by Gasteiger charge is -2.19. The fourth-order valence-electron chi connectivity index (χ4n) is 1.93. The summed E-state index contributed by atoms with van der Waals surface area (Å²) in [6.07, 6.45) is 2.03. The van der Waals surface area contributed by atoms with E-state index < -0.39 is 17.9 Å². The molecule has 0 fully saturated rings. The first kappa shape index (κ1) is 15.2. The monoisotopic (exact) mass is 267 g/mol. The van der Waals surface area contributed by atoms with Gasteiger partial charge in [-0.2, -0.15) is 5.10 Å². The summed E-state index contributed by atoms with van der Waals surface area (Å²) >= 11 is 0. The lowest BCUT2D eigenvalue weighted by Crippen LogP contribution is -2.43. The average molecular weight is 267 g/mol. The number of carboxylic acid groups (broad SMARTS) is 1. The maximum absolute atomic E-state index is 12.1. The smallest absolute Gasteiger partial charge is 0.326 e. The van der Waals surface area contributed by atoms with Gasteiger partial charge in [0, 0.05) is 13.2 Å². The van der Waals surface area contributed by atoms with Gasteiger partial charge in [0.2, 0.25) is 5.91 Å². The Kier molecular flexibility index (Phi) is 5.09. The second-order valence-corrected chi connectivity index (χ2v) is 5.13. The molecule has 1 amide bonds. The molecule has 6 nitrogen and oxygen atoms in total. The van der Waals surface area contributed by atoms with Crippen molar-refractivity contribution in [1.82, 2.24) is 15.1 Å². The molecule has 0 saturated carbocycles. The van der Waals surface area contributed by atoms with Gasteiger partial charge in [-0.15, -0.1) is 0 Å². The van der Waals surface area contributed by atoms with Crippen LogP contribution >= 0.6 is 0 Å². The van der Waals surface area contributed by atoms with Crippen LogP contribution in [0.5, 0.6) is 0 Å². The predicted molar refractivity (Wildman–Crippen MR) is 70.6 cm³/mol. The zero-order valence-electron chi connectivity index (χ0n) is 11.8. The molecule has 0 spiro atoms. The number of carbonyl (C=O) groups excluding carboxylic acids is 1. The quantitative estimate of drug-likeness (QED) is 0.809. The molecule has 0 saturated heterocycles. The summed E-state index contributed by atoms with van der Waals surface area (Å²) in [6, 6.07) is 0.908. The number of rotatable bonds is 6. The summed E-state index contributed by atoms with van der Waals surface area (Å²) < 4.78 is 1.61. The van der Waals surface area contributed by atoms with Crippen molar-refractivity contribution in [2.75, 3.05) is 0 Å². The Bertz CT molecular complexity index is 454. The average Bonchev–Trinajstić information content (AvgIpc) is 2.72. The second-order valence-electron chi connectivity index (χ2n) is 5.13. The van der Waals surface area contributed by atoms with Crippen molar-refractivity contribution in [2.45, 2.75) is 39.2 Å². The van der Waals surface area contributed by atoms with E-state index in [2.05, 4.69) is 10.4 Å². The molecule has 2 unspecified atom stereocenters. The summed E-state index contributed by atoms with van der Waals surface area (Å²) in [4.78, 5) is 23.2. The number of aliphatic carboxylic acids is 1. The number of amides is 1. The van der Waals surface area contributed by atoms with Crippen LogP contribution in [0, 0.1) is 5.92 Å². The van der Waals surface area contributed by atoms with Crippen LogP contribution < -0.4 is 5.32 Å². The highest BCUT2D eigenvalue weighted by molar-refractivity contribution is 5.87. The molecule has 6 heteroatoms. The van der Waals surface area contributed by atoms with Gasteiger partial charge in [0.25, 0.3) is 0 Å². The predicted octanol–water partition coefficient (Wildman–Crippen LogP) is 1.14. The Morgan fingerprint density at radius 3 is 2.47 bits per heavy atom. The molecule has 0 bridgehead atoms. The van der Waals surface area contributed by atoms with E-state index in [9.17, 15) is 9.59 Å². The van der Waals surface area contributed by atoms with Gasteiger partial charge in [0.1, 0.15) is 6.04 Å². The van der Waals surface area contributed by atoms with Crippen molar-refractivity contribution in [1.29, 1.82) is 0 Å². The summed E-state index contributed by atoms with van der Waals surface area (Å²) in [7, 11) is 1.75. The topological polar surface area (TPSA) is 84.2 Å². The van der Waals surface area contributed by atoms with E-state index in [1.54, 1.807) is 30.9 Å². The van der Waals surface area contributed by atoms with Gasteiger partial charge >= 0.3 is 5.97 Å². The van der Waals surface area contributed by atoms with E-state index >= 15 is 0 Å². The Balaban J connectivity index is 2.72. The molecule has 19 heavy (non-hydrogen) atoms. The third-order valence-corrected chi connectivity index (χ3v) is 3.02. The number of nitrogens with zero attached hydrogens (tertiary/aromatic N) is 2. The van der Waals surface area contributed by atoms with E-state index in [1.165, 1.54) is 0 Å². The SMILES string of the molecule is CC(C)CC(NC(=O)C(C)c1ccnn1C)C(=O)O. The molecular weight excluding hydrogens is 246 g/mol. The molecule has 2 N–H and O–H groups in total. The van der Waals surface area contributed by atoms with Crippen LogP contribution in [0.1, 0.15) is 38.8 Å². The summed E-state index contributed by atoms with van der Waals surface area (Å²) in [5.41, 5.74) is 0.756. The largest absolute Gasteiger partial charge is 0.480 e. The van der Waals surface area contributed by atoms with Gasteiger partial charge in [0.05, 0.1) is 11.6 Å². The summed E-state index contributed by atoms with van der Waals surface area (Å²) in [6.45, 7) is 5.58. The third kappa shape index (κ3) is 4.08. The number of aromatic nitrogens is 2. The zero-order valence-corrected chi connectivity index (χ0v) is 11.8. The maximum Gasteiger partial charge on any atom is 0.326 e. The highest BCUT2D eigenvalue weighted by Crippen LogP contribution is 2.15. The Labute approximate surface area is 112 Å². The van der Waals surface area contributed by atoms with Gasteiger partial charge in [0.15, 0.2) is 0 Å². The number of aryl methyl sites for hydroxylation is 1. The molecule has 0 aromatic carbocycles. The number of nitrogens with one attached hydrogen (secondary N) is 1. The molecule has 0 radical (unpaired) electrons. The molecule has 1 aromatic heterocycles. The van der Waals surface area contributed by atoms with Gasteiger partial charge in [-0.05, 0) is 25.3 Å². The lowest BCUT2D eigenvalue weighted by molar-refractivity contribution is -0.142. The normalized spacial score (nSPS) is 14.2. The first-order valence-electron chi connectivity index (χ1n) is 6.34. The van der Waals surface area contributed by atoms with Crippen molar-refractivity contribution < 1.29 is 14.7 Å².